The highest BCUT2D eigenvalue weighted by molar-refractivity contribution is 5.80. The van der Waals surface area contributed by atoms with Gasteiger partial charge in [0.1, 0.15) is 0 Å². The maximum atomic E-state index is 5.26. The molecule has 3 aromatic heterocycles. The van der Waals surface area contributed by atoms with Gasteiger partial charge in [0.15, 0.2) is 0 Å². The van der Waals surface area contributed by atoms with E-state index in [1.165, 1.54) is 5.56 Å². The number of rotatable bonds is 6. The molecule has 0 amide bonds. The van der Waals surface area contributed by atoms with Crippen LogP contribution in [0.25, 0.3) is 22.4 Å². The standard InChI is InChI=1S/C21H21N5O/c1-16-3-5-17(6-4-16)20-19(18-7-12-27-14-18)13-23-21(24-20)25(2)10-11-26-9-8-22-15-26/h3-9,12-15H,10-11H2,1-2H3. The van der Waals surface area contributed by atoms with Crippen LogP contribution in [0.15, 0.2) is 72.2 Å². The van der Waals surface area contributed by atoms with E-state index in [9.17, 15) is 0 Å². The molecule has 0 saturated carbocycles. The van der Waals surface area contributed by atoms with Crippen molar-refractivity contribution < 1.29 is 4.42 Å². The van der Waals surface area contributed by atoms with Crippen molar-refractivity contribution in [3.8, 4) is 22.4 Å². The first-order valence-electron chi connectivity index (χ1n) is 8.84. The van der Waals surface area contributed by atoms with E-state index in [0.29, 0.717) is 5.95 Å². The summed E-state index contributed by atoms with van der Waals surface area (Å²) in [7, 11) is 2.00. The molecule has 0 aliphatic heterocycles. The van der Waals surface area contributed by atoms with Crippen molar-refractivity contribution in [2.75, 3.05) is 18.5 Å². The van der Waals surface area contributed by atoms with E-state index in [2.05, 4.69) is 46.1 Å². The van der Waals surface area contributed by atoms with Gasteiger partial charge in [-0.3, -0.25) is 0 Å². The Hall–Kier alpha value is -3.41. The Morgan fingerprint density at radius 2 is 1.96 bits per heavy atom. The van der Waals surface area contributed by atoms with Crippen LogP contribution in [-0.2, 0) is 6.54 Å². The van der Waals surface area contributed by atoms with Gasteiger partial charge in [-0.25, -0.2) is 15.0 Å². The summed E-state index contributed by atoms with van der Waals surface area (Å²) in [5.74, 6) is 0.693. The second-order valence-electron chi connectivity index (χ2n) is 6.53. The molecule has 0 spiro atoms. The van der Waals surface area contributed by atoms with Gasteiger partial charge in [-0.2, -0.15) is 0 Å². The number of likely N-dealkylation sites (N-methyl/N-ethyl adjacent to an activating group) is 1. The Balaban J connectivity index is 1.67. The number of hydrogen-bond donors (Lipinski definition) is 0. The molecule has 136 valence electrons. The summed E-state index contributed by atoms with van der Waals surface area (Å²) in [6.45, 7) is 3.69. The molecule has 0 bridgehead atoms. The monoisotopic (exact) mass is 359 g/mol. The molecular weight excluding hydrogens is 338 g/mol. The van der Waals surface area contributed by atoms with Crippen LogP contribution in [-0.4, -0.2) is 33.1 Å². The fraction of sp³-hybridized carbons (Fsp3) is 0.190. The molecule has 0 saturated heterocycles. The van der Waals surface area contributed by atoms with Gasteiger partial charge >= 0.3 is 0 Å². The number of aromatic nitrogens is 4. The predicted octanol–water partition coefficient (Wildman–Crippen LogP) is 4.04. The molecule has 0 N–H and O–H groups in total. The van der Waals surface area contributed by atoms with E-state index in [4.69, 9.17) is 9.40 Å². The van der Waals surface area contributed by atoms with Crippen LogP contribution in [0.3, 0.4) is 0 Å². The molecule has 6 heteroatoms. The second kappa shape index (κ2) is 7.45. The van der Waals surface area contributed by atoms with Crippen LogP contribution in [0.5, 0.6) is 0 Å². The fourth-order valence-corrected chi connectivity index (χ4v) is 2.90. The first-order chi connectivity index (χ1) is 13.2. The number of imidazole rings is 1. The van der Waals surface area contributed by atoms with E-state index in [1.54, 1.807) is 18.7 Å². The number of benzene rings is 1. The molecule has 4 rings (SSSR count). The lowest BCUT2D eigenvalue weighted by molar-refractivity contribution is 0.568. The van der Waals surface area contributed by atoms with Crippen LogP contribution >= 0.6 is 0 Å². The summed E-state index contributed by atoms with van der Waals surface area (Å²) in [6, 6.07) is 10.3. The van der Waals surface area contributed by atoms with E-state index >= 15 is 0 Å². The minimum atomic E-state index is 0.693. The van der Waals surface area contributed by atoms with Crippen molar-refractivity contribution in [1.82, 2.24) is 19.5 Å². The Bertz CT molecular complexity index is 992. The summed E-state index contributed by atoms with van der Waals surface area (Å²) < 4.78 is 7.30. The van der Waals surface area contributed by atoms with Crippen molar-refractivity contribution in [2.24, 2.45) is 0 Å². The Kier molecular flexibility index (Phi) is 4.70. The molecule has 0 aliphatic carbocycles. The third-order valence-electron chi connectivity index (χ3n) is 4.53. The van der Waals surface area contributed by atoms with E-state index in [1.807, 2.05) is 36.4 Å². The van der Waals surface area contributed by atoms with E-state index < -0.39 is 0 Å². The van der Waals surface area contributed by atoms with Gasteiger partial charge in [0, 0.05) is 55.4 Å². The summed E-state index contributed by atoms with van der Waals surface area (Å²) in [5, 5.41) is 0. The van der Waals surface area contributed by atoms with Gasteiger partial charge in [-0.1, -0.05) is 29.8 Å². The molecule has 27 heavy (non-hydrogen) atoms. The van der Waals surface area contributed by atoms with Gasteiger partial charge in [0.05, 0.1) is 24.5 Å². The Morgan fingerprint density at radius 3 is 2.67 bits per heavy atom. The van der Waals surface area contributed by atoms with Gasteiger partial charge in [0.2, 0.25) is 5.95 Å². The molecule has 6 nitrogen and oxygen atoms in total. The van der Waals surface area contributed by atoms with Crippen molar-refractivity contribution >= 4 is 5.95 Å². The summed E-state index contributed by atoms with van der Waals surface area (Å²) in [5.41, 5.74) is 5.10. The van der Waals surface area contributed by atoms with Crippen LogP contribution in [0.1, 0.15) is 5.56 Å². The topological polar surface area (TPSA) is 60.0 Å². The number of anilines is 1. The zero-order chi connectivity index (χ0) is 18.6. The van der Waals surface area contributed by atoms with Gasteiger partial charge in [-0.05, 0) is 13.0 Å². The highest BCUT2D eigenvalue weighted by Gasteiger charge is 2.14. The lowest BCUT2D eigenvalue weighted by atomic mass is 10.0. The molecule has 0 aliphatic rings. The largest absolute Gasteiger partial charge is 0.472 e. The van der Waals surface area contributed by atoms with Gasteiger partial charge in [-0.15, -0.1) is 0 Å². The third-order valence-corrected chi connectivity index (χ3v) is 4.53. The quantitative estimate of drug-likeness (QED) is 0.520. The average Bonchev–Trinajstić information content (AvgIpc) is 3.40. The molecule has 0 radical (unpaired) electrons. The SMILES string of the molecule is Cc1ccc(-c2nc(N(C)CCn3ccnc3)ncc2-c2ccoc2)cc1. The number of nitrogens with zero attached hydrogens (tertiary/aromatic N) is 5. The van der Waals surface area contributed by atoms with Crippen LogP contribution in [0.2, 0.25) is 0 Å². The smallest absolute Gasteiger partial charge is 0.225 e. The van der Waals surface area contributed by atoms with Gasteiger partial charge in [0.25, 0.3) is 0 Å². The summed E-state index contributed by atoms with van der Waals surface area (Å²) in [4.78, 5) is 15.6. The fourth-order valence-electron chi connectivity index (χ4n) is 2.90. The molecule has 0 fully saturated rings. The third kappa shape index (κ3) is 3.74. The molecule has 0 unspecified atom stereocenters. The zero-order valence-electron chi connectivity index (χ0n) is 15.4. The van der Waals surface area contributed by atoms with E-state index in [-0.39, 0.29) is 0 Å². The lowest BCUT2D eigenvalue weighted by Crippen LogP contribution is -2.24. The highest BCUT2D eigenvalue weighted by Crippen LogP contribution is 2.31. The van der Waals surface area contributed by atoms with Crippen LogP contribution in [0.4, 0.5) is 5.95 Å². The highest BCUT2D eigenvalue weighted by atomic mass is 16.3. The first-order valence-corrected chi connectivity index (χ1v) is 8.84. The first kappa shape index (κ1) is 17.0. The van der Waals surface area contributed by atoms with Crippen LogP contribution in [0, 0.1) is 6.92 Å². The Morgan fingerprint density at radius 1 is 1.11 bits per heavy atom. The summed E-state index contributed by atoms with van der Waals surface area (Å²) in [6.07, 6.45) is 10.8. The zero-order valence-corrected chi connectivity index (χ0v) is 15.4. The number of furan rings is 1. The van der Waals surface area contributed by atoms with Gasteiger partial charge < -0.3 is 13.9 Å². The van der Waals surface area contributed by atoms with Crippen molar-refractivity contribution in [1.29, 1.82) is 0 Å². The second-order valence-corrected chi connectivity index (χ2v) is 6.53. The maximum absolute atomic E-state index is 5.26. The maximum Gasteiger partial charge on any atom is 0.225 e. The average molecular weight is 359 g/mol. The van der Waals surface area contributed by atoms with E-state index in [0.717, 1.165) is 35.5 Å². The predicted molar refractivity (Wildman–Crippen MR) is 105 cm³/mol. The number of hydrogen-bond acceptors (Lipinski definition) is 5. The van der Waals surface area contributed by atoms with Crippen molar-refractivity contribution in [2.45, 2.75) is 13.5 Å². The normalized spacial score (nSPS) is 10.9. The van der Waals surface area contributed by atoms with Crippen molar-refractivity contribution in [3.63, 3.8) is 0 Å². The molecule has 4 aromatic rings. The molecule has 3 heterocycles. The lowest BCUT2D eigenvalue weighted by Gasteiger charge is -2.19. The molecule has 1 aromatic carbocycles. The number of aryl methyl sites for hydroxylation is 1. The molecular formula is C21H21N5O. The van der Waals surface area contributed by atoms with Crippen molar-refractivity contribution in [3.05, 3.63) is 73.3 Å². The minimum absolute atomic E-state index is 0.693. The summed E-state index contributed by atoms with van der Waals surface area (Å²) >= 11 is 0. The van der Waals surface area contributed by atoms with Crippen LogP contribution < -0.4 is 4.90 Å². The minimum Gasteiger partial charge on any atom is -0.472 e. The molecule has 0 atom stereocenters. The Labute approximate surface area is 158 Å².